The van der Waals surface area contributed by atoms with E-state index in [0.717, 1.165) is 29.0 Å². The molecule has 0 radical (unpaired) electrons. The third-order valence-electron chi connectivity index (χ3n) is 3.87. The molecule has 0 fully saturated rings. The molecule has 3 rings (SSSR count). The van der Waals surface area contributed by atoms with Gasteiger partial charge in [-0.2, -0.15) is 0 Å². The van der Waals surface area contributed by atoms with Crippen molar-refractivity contribution in [2.45, 2.75) is 20.3 Å². The molecule has 1 heterocycles. The van der Waals surface area contributed by atoms with Gasteiger partial charge in [-0.3, -0.25) is 10.1 Å². The second-order valence-corrected chi connectivity index (χ2v) is 7.42. The molecule has 0 aliphatic heterocycles. The van der Waals surface area contributed by atoms with E-state index < -0.39 is 0 Å². The summed E-state index contributed by atoms with van der Waals surface area (Å²) in [7, 11) is 0. The maximum absolute atomic E-state index is 12.1. The van der Waals surface area contributed by atoms with Crippen LogP contribution in [0, 0.1) is 6.92 Å². The summed E-state index contributed by atoms with van der Waals surface area (Å²) >= 11 is 7.36. The van der Waals surface area contributed by atoms with Crippen LogP contribution in [0.4, 0.5) is 5.13 Å². The molecule has 0 saturated carbocycles. The number of halogens is 1. The molecule has 3 aromatic rings. The molecule has 0 aliphatic carbocycles. The Morgan fingerprint density at radius 2 is 1.89 bits per heavy atom. The van der Waals surface area contributed by atoms with E-state index in [4.69, 9.17) is 21.1 Å². The van der Waals surface area contributed by atoms with Crippen LogP contribution in [0.3, 0.4) is 0 Å². The fraction of sp³-hybridized carbons (Fsp3) is 0.238. The number of hydrogen-bond donors (Lipinski definition) is 1. The SMILES string of the molecule is CCCOc1ccc(-c2csc(NC(=O)COc3ccc(Cl)c(C)c3)n2)cc1. The molecule has 0 spiro atoms. The van der Waals surface area contributed by atoms with E-state index in [-0.39, 0.29) is 12.5 Å². The van der Waals surface area contributed by atoms with Crippen LogP contribution >= 0.6 is 22.9 Å². The number of amides is 1. The van der Waals surface area contributed by atoms with Gasteiger partial charge in [-0.25, -0.2) is 4.98 Å². The number of nitrogens with zero attached hydrogens (tertiary/aromatic N) is 1. The van der Waals surface area contributed by atoms with Crippen LogP contribution in [0.5, 0.6) is 11.5 Å². The number of hydrogen-bond acceptors (Lipinski definition) is 5. The third kappa shape index (κ3) is 5.47. The Balaban J connectivity index is 1.54. The number of carbonyl (C=O) groups excluding carboxylic acids is 1. The molecule has 0 bridgehead atoms. The molecule has 1 amide bonds. The van der Waals surface area contributed by atoms with E-state index in [9.17, 15) is 4.79 Å². The first-order valence-electron chi connectivity index (χ1n) is 8.92. The van der Waals surface area contributed by atoms with Gasteiger partial charge >= 0.3 is 0 Å². The molecule has 146 valence electrons. The van der Waals surface area contributed by atoms with Gasteiger partial charge in [0.15, 0.2) is 11.7 Å². The zero-order valence-corrected chi connectivity index (χ0v) is 17.3. The van der Waals surface area contributed by atoms with E-state index in [0.29, 0.717) is 22.5 Å². The fourth-order valence-electron chi connectivity index (χ4n) is 2.42. The van der Waals surface area contributed by atoms with Crippen molar-refractivity contribution in [2.24, 2.45) is 0 Å². The minimum atomic E-state index is -0.267. The predicted molar refractivity (Wildman–Crippen MR) is 114 cm³/mol. The van der Waals surface area contributed by atoms with Crippen LogP contribution in [-0.4, -0.2) is 24.1 Å². The van der Waals surface area contributed by atoms with E-state index in [2.05, 4.69) is 17.2 Å². The highest BCUT2D eigenvalue weighted by molar-refractivity contribution is 7.14. The second-order valence-electron chi connectivity index (χ2n) is 6.16. The third-order valence-corrected chi connectivity index (χ3v) is 5.05. The highest BCUT2D eigenvalue weighted by atomic mass is 35.5. The highest BCUT2D eigenvalue weighted by Gasteiger charge is 2.09. The average molecular weight is 417 g/mol. The van der Waals surface area contributed by atoms with Gasteiger partial charge in [0.2, 0.25) is 0 Å². The minimum absolute atomic E-state index is 0.0978. The normalized spacial score (nSPS) is 10.5. The van der Waals surface area contributed by atoms with Crippen molar-refractivity contribution in [2.75, 3.05) is 18.5 Å². The first-order chi connectivity index (χ1) is 13.5. The molecule has 5 nitrogen and oxygen atoms in total. The molecule has 0 aliphatic rings. The van der Waals surface area contributed by atoms with Crippen LogP contribution in [-0.2, 0) is 4.79 Å². The molecule has 1 N–H and O–H groups in total. The zero-order valence-electron chi connectivity index (χ0n) is 15.7. The summed E-state index contributed by atoms with van der Waals surface area (Å²) in [5.41, 5.74) is 2.67. The maximum Gasteiger partial charge on any atom is 0.264 e. The smallest absolute Gasteiger partial charge is 0.264 e. The first-order valence-corrected chi connectivity index (χ1v) is 10.2. The molecular formula is C21H21ClN2O3S. The standard InChI is InChI=1S/C21H21ClN2O3S/c1-3-10-26-16-6-4-15(5-7-16)19-13-28-21(23-19)24-20(25)12-27-17-8-9-18(22)14(2)11-17/h4-9,11,13H,3,10,12H2,1-2H3,(H,23,24,25). The largest absolute Gasteiger partial charge is 0.494 e. The summed E-state index contributed by atoms with van der Waals surface area (Å²) in [6, 6.07) is 13.0. The van der Waals surface area contributed by atoms with Crippen molar-refractivity contribution in [3.8, 4) is 22.8 Å². The van der Waals surface area contributed by atoms with Gasteiger partial charge in [-0.05, 0) is 61.4 Å². The number of aromatic nitrogens is 1. The molecule has 28 heavy (non-hydrogen) atoms. The monoisotopic (exact) mass is 416 g/mol. The maximum atomic E-state index is 12.1. The lowest BCUT2D eigenvalue weighted by Crippen LogP contribution is -2.20. The van der Waals surface area contributed by atoms with E-state index in [1.54, 1.807) is 18.2 Å². The zero-order chi connectivity index (χ0) is 19.9. The summed E-state index contributed by atoms with van der Waals surface area (Å²) in [6.45, 7) is 4.55. The summed E-state index contributed by atoms with van der Waals surface area (Å²) in [5, 5.41) is 5.86. The van der Waals surface area contributed by atoms with Crippen molar-refractivity contribution in [3.63, 3.8) is 0 Å². The van der Waals surface area contributed by atoms with Gasteiger partial charge in [0, 0.05) is 16.0 Å². The minimum Gasteiger partial charge on any atom is -0.494 e. The second kappa shape index (κ2) is 9.57. The molecule has 1 aromatic heterocycles. The number of nitrogens with one attached hydrogen (secondary N) is 1. The Bertz CT molecular complexity index is 941. The van der Waals surface area contributed by atoms with Gasteiger partial charge in [0.05, 0.1) is 12.3 Å². The number of benzene rings is 2. The van der Waals surface area contributed by atoms with Crippen molar-refractivity contribution in [1.82, 2.24) is 4.98 Å². The quantitative estimate of drug-likeness (QED) is 0.520. The van der Waals surface area contributed by atoms with Crippen molar-refractivity contribution < 1.29 is 14.3 Å². The Hall–Kier alpha value is -2.57. The van der Waals surface area contributed by atoms with E-state index >= 15 is 0 Å². The van der Waals surface area contributed by atoms with Gasteiger partial charge < -0.3 is 9.47 Å². The number of ether oxygens (including phenoxy) is 2. The van der Waals surface area contributed by atoms with Crippen LogP contribution in [0.15, 0.2) is 47.8 Å². The summed E-state index contributed by atoms with van der Waals surface area (Å²) < 4.78 is 11.1. The van der Waals surface area contributed by atoms with Crippen molar-refractivity contribution >= 4 is 34.0 Å². The lowest BCUT2D eigenvalue weighted by Gasteiger charge is -2.07. The topological polar surface area (TPSA) is 60.5 Å². The summed E-state index contributed by atoms with van der Waals surface area (Å²) in [6.07, 6.45) is 0.970. The number of rotatable bonds is 8. The number of carbonyl (C=O) groups is 1. The lowest BCUT2D eigenvalue weighted by atomic mass is 10.2. The highest BCUT2D eigenvalue weighted by Crippen LogP contribution is 2.27. The Morgan fingerprint density at radius 3 is 2.61 bits per heavy atom. The fourth-order valence-corrected chi connectivity index (χ4v) is 3.27. The summed E-state index contributed by atoms with van der Waals surface area (Å²) in [4.78, 5) is 16.6. The average Bonchev–Trinajstić information content (AvgIpc) is 3.16. The molecule has 0 saturated heterocycles. The van der Waals surface area contributed by atoms with Crippen LogP contribution in [0.1, 0.15) is 18.9 Å². The van der Waals surface area contributed by atoms with Gasteiger partial charge in [-0.1, -0.05) is 18.5 Å². The Labute approximate surface area is 173 Å². The molecule has 0 unspecified atom stereocenters. The number of thiazole rings is 1. The van der Waals surface area contributed by atoms with Crippen molar-refractivity contribution in [3.05, 3.63) is 58.4 Å². The molecule has 2 aromatic carbocycles. The van der Waals surface area contributed by atoms with Crippen LogP contribution < -0.4 is 14.8 Å². The lowest BCUT2D eigenvalue weighted by molar-refractivity contribution is -0.118. The Morgan fingerprint density at radius 1 is 1.14 bits per heavy atom. The van der Waals surface area contributed by atoms with Gasteiger partial charge in [-0.15, -0.1) is 11.3 Å². The molecule has 0 atom stereocenters. The Kier molecular flexibility index (Phi) is 6.90. The van der Waals surface area contributed by atoms with Crippen LogP contribution in [0.2, 0.25) is 5.02 Å². The molecular weight excluding hydrogens is 396 g/mol. The van der Waals surface area contributed by atoms with Crippen molar-refractivity contribution in [1.29, 1.82) is 0 Å². The summed E-state index contributed by atoms with van der Waals surface area (Å²) in [5.74, 6) is 1.17. The van der Waals surface area contributed by atoms with Gasteiger partial charge in [0.1, 0.15) is 11.5 Å². The molecule has 7 heteroatoms. The van der Waals surface area contributed by atoms with Gasteiger partial charge in [0.25, 0.3) is 5.91 Å². The van der Waals surface area contributed by atoms with E-state index in [1.165, 1.54) is 11.3 Å². The number of aryl methyl sites for hydroxylation is 1. The van der Waals surface area contributed by atoms with Crippen LogP contribution in [0.25, 0.3) is 11.3 Å². The first kappa shape index (κ1) is 20.2. The predicted octanol–water partition coefficient (Wildman–Crippen LogP) is 5.58. The number of anilines is 1. The van der Waals surface area contributed by atoms with E-state index in [1.807, 2.05) is 36.6 Å².